The van der Waals surface area contributed by atoms with Crippen molar-refractivity contribution in [2.24, 2.45) is 5.92 Å². The Morgan fingerprint density at radius 2 is 0.468 bits per heavy atom. The molecule has 0 aliphatic carbocycles. The van der Waals surface area contributed by atoms with Gasteiger partial charge in [0.15, 0.2) is 0 Å². The first-order chi connectivity index (χ1) is 23.2. The molecule has 286 valence electrons. The second-order valence-corrected chi connectivity index (χ2v) is 21.6. The molecule has 1 unspecified atom stereocenters. The van der Waals surface area contributed by atoms with Crippen molar-refractivity contribution >= 4 is 7.26 Å². The molecular formula is C46H97P. The molecule has 0 heterocycles. The summed E-state index contributed by atoms with van der Waals surface area (Å²) in [5, 5.41) is 0. The predicted molar refractivity (Wildman–Crippen MR) is 226 cm³/mol. The van der Waals surface area contributed by atoms with Gasteiger partial charge in [-0.25, -0.2) is 0 Å². The van der Waals surface area contributed by atoms with Crippen LogP contribution in [0.3, 0.4) is 0 Å². The van der Waals surface area contributed by atoms with E-state index in [4.69, 9.17) is 0 Å². The van der Waals surface area contributed by atoms with Gasteiger partial charge in [-0.05, 0) is 0 Å². The molecule has 0 saturated heterocycles. The average molecular weight is 681 g/mol. The third-order valence-electron chi connectivity index (χ3n) is 11.8. The molecule has 0 radical (unpaired) electrons. The Morgan fingerprint density at radius 3 is 0.702 bits per heavy atom. The Kier molecular flexibility index (Phi) is 39.6. The molecule has 0 rings (SSSR count). The Hall–Kier alpha value is 0.430. The van der Waals surface area contributed by atoms with Gasteiger partial charge in [0.05, 0.1) is 0 Å². The van der Waals surface area contributed by atoms with Crippen LogP contribution in [0.15, 0.2) is 0 Å². The van der Waals surface area contributed by atoms with Gasteiger partial charge in [-0.3, -0.25) is 0 Å². The van der Waals surface area contributed by atoms with Crippen LogP contribution >= 0.6 is 7.26 Å². The van der Waals surface area contributed by atoms with Crippen LogP contribution in [0.2, 0.25) is 0 Å². The van der Waals surface area contributed by atoms with E-state index in [1.807, 2.05) is 0 Å². The maximum atomic E-state index is 2.44. The summed E-state index contributed by atoms with van der Waals surface area (Å²) in [4.78, 5) is 0. The van der Waals surface area contributed by atoms with Gasteiger partial charge in [-0.15, -0.1) is 0 Å². The van der Waals surface area contributed by atoms with E-state index in [-0.39, 0.29) is 0 Å². The molecule has 0 amide bonds. The van der Waals surface area contributed by atoms with Crippen LogP contribution in [0.25, 0.3) is 0 Å². The van der Waals surface area contributed by atoms with Crippen LogP contribution in [0.4, 0.5) is 0 Å². The van der Waals surface area contributed by atoms with E-state index in [1.54, 1.807) is 37.5 Å². The van der Waals surface area contributed by atoms with Crippen molar-refractivity contribution in [1.82, 2.24) is 0 Å². The molecular weight excluding hydrogens is 583 g/mol. The zero-order valence-corrected chi connectivity index (χ0v) is 35.4. The van der Waals surface area contributed by atoms with Gasteiger partial charge in [0.25, 0.3) is 0 Å². The van der Waals surface area contributed by atoms with Crippen LogP contribution in [0.5, 0.6) is 0 Å². The predicted octanol–water partition coefficient (Wildman–Crippen LogP) is 17.5. The van der Waals surface area contributed by atoms with Gasteiger partial charge in [-0.1, -0.05) is 78.1 Å². The molecule has 0 fully saturated rings. The molecule has 0 aromatic heterocycles. The van der Waals surface area contributed by atoms with Crippen LogP contribution < -0.4 is 0 Å². The summed E-state index contributed by atoms with van der Waals surface area (Å²) in [7, 11) is -1.13. The van der Waals surface area contributed by atoms with Crippen LogP contribution in [0, 0.1) is 5.92 Å². The number of hydrogen-bond donors (Lipinski definition) is 0. The van der Waals surface area contributed by atoms with Crippen molar-refractivity contribution in [1.29, 1.82) is 0 Å². The molecule has 0 saturated carbocycles. The molecule has 47 heavy (non-hydrogen) atoms. The normalized spacial score (nSPS) is 13.0. The minimum atomic E-state index is -1.13. The Morgan fingerprint density at radius 1 is 0.255 bits per heavy atom. The van der Waals surface area contributed by atoms with E-state index in [9.17, 15) is 0 Å². The molecule has 1 atom stereocenters. The van der Waals surface area contributed by atoms with Crippen LogP contribution in [-0.4, -0.2) is 24.6 Å². The molecule has 0 nitrogen and oxygen atoms in total. The third kappa shape index (κ3) is 33.3. The van der Waals surface area contributed by atoms with Crippen molar-refractivity contribution in [2.75, 3.05) is 24.6 Å². The first-order valence-electron chi connectivity index (χ1n) is 23.2. The quantitative estimate of drug-likeness (QED) is 0.0445. The Labute approximate surface area is 302 Å². The third-order valence-corrected chi connectivity index (χ3v) is 17.5. The molecule has 0 bridgehead atoms. The van der Waals surface area contributed by atoms with E-state index in [0.717, 1.165) is 5.92 Å². The van der Waals surface area contributed by atoms with Crippen molar-refractivity contribution < 1.29 is 0 Å². The van der Waals surface area contributed by atoms with Crippen molar-refractivity contribution in [2.45, 2.75) is 266 Å². The molecule has 0 aromatic carbocycles. The summed E-state index contributed by atoms with van der Waals surface area (Å²) in [5.41, 5.74) is 0. The SMILES string of the molecule is CCCCCCCCCCCCCCCCCCC(CCCCCCCCCCCCCC)C[PH](CCCC)(CCCC)CCCC. The van der Waals surface area contributed by atoms with Crippen LogP contribution in [-0.2, 0) is 0 Å². The Bertz CT molecular complexity index is 533. The van der Waals surface area contributed by atoms with Crippen molar-refractivity contribution in [3.8, 4) is 0 Å². The van der Waals surface area contributed by atoms with Crippen molar-refractivity contribution in [3.63, 3.8) is 0 Å². The standard InChI is InChI=1S/C46H97P/c1-6-11-16-18-20-22-24-26-27-28-29-31-33-35-37-39-41-46(40-38-36-34-32-30-25-23-21-19-17-12-7-2)45-47(42-13-8-3,43-14-9-4)44-15-10-5/h46-47H,6-45H2,1-5H3. The molecule has 0 aliphatic rings. The number of unbranched alkanes of at least 4 members (excludes halogenated alkanes) is 29. The fourth-order valence-corrected chi connectivity index (χ4v) is 14.9. The maximum absolute atomic E-state index is 2.44. The first kappa shape index (κ1) is 47.4. The summed E-state index contributed by atoms with van der Waals surface area (Å²) in [6.07, 6.45) is 60.1. The minimum absolute atomic E-state index is 1.06. The van der Waals surface area contributed by atoms with Gasteiger partial charge < -0.3 is 0 Å². The second kappa shape index (κ2) is 39.2. The van der Waals surface area contributed by atoms with E-state index < -0.39 is 7.26 Å². The zero-order valence-electron chi connectivity index (χ0n) is 34.4. The second-order valence-electron chi connectivity index (χ2n) is 16.7. The van der Waals surface area contributed by atoms with Gasteiger partial charge in [0, 0.05) is 0 Å². The van der Waals surface area contributed by atoms with Crippen LogP contribution in [0.1, 0.15) is 266 Å². The number of hydrogen-bond acceptors (Lipinski definition) is 0. The Balaban J connectivity index is 4.48. The topological polar surface area (TPSA) is 0 Å². The van der Waals surface area contributed by atoms with E-state index >= 15 is 0 Å². The summed E-state index contributed by atoms with van der Waals surface area (Å²) >= 11 is 0. The number of rotatable bonds is 41. The van der Waals surface area contributed by atoms with Gasteiger partial charge in [0.1, 0.15) is 0 Å². The fourth-order valence-electron chi connectivity index (χ4n) is 8.55. The first-order valence-corrected chi connectivity index (χ1v) is 26.0. The summed E-state index contributed by atoms with van der Waals surface area (Å²) in [6, 6.07) is 0. The van der Waals surface area contributed by atoms with Crippen molar-refractivity contribution in [3.05, 3.63) is 0 Å². The van der Waals surface area contributed by atoms with Gasteiger partial charge in [-0.2, -0.15) is 0 Å². The summed E-state index contributed by atoms with van der Waals surface area (Å²) in [5.74, 6) is 1.06. The summed E-state index contributed by atoms with van der Waals surface area (Å²) < 4.78 is 0. The van der Waals surface area contributed by atoms with E-state index in [2.05, 4.69) is 34.6 Å². The monoisotopic (exact) mass is 681 g/mol. The molecule has 0 aromatic rings. The molecule has 0 N–H and O–H groups in total. The average Bonchev–Trinajstić information content (AvgIpc) is 3.08. The molecule has 0 spiro atoms. The molecule has 0 aliphatic heterocycles. The fraction of sp³-hybridized carbons (Fsp3) is 1.00. The summed E-state index contributed by atoms with van der Waals surface area (Å²) in [6.45, 7) is 12.0. The van der Waals surface area contributed by atoms with Gasteiger partial charge in [0.2, 0.25) is 0 Å². The van der Waals surface area contributed by atoms with Gasteiger partial charge >= 0.3 is 226 Å². The van der Waals surface area contributed by atoms with E-state index in [1.165, 1.54) is 218 Å². The zero-order chi connectivity index (χ0) is 34.4. The van der Waals surface area contributed by atoms with E-state index in [0.29, 0.717) is 0 Å². The molecule has 1 heteroatoms.